The lowest BCUT2D eigenvalue weighted by Crippen LogP contribution is -2.54. The maximum Gasteiger partial charge on any atom is 0.257 e. The number of carbonyl (C=O) groups excluding carboxylic acids is 7. The van der Waals surface area contributed by atoms with Crippen molar-refractivity contribution >= 4 is 64.4 Å². The molecule has 0 unspecified atom stereocenters. The molecule has 0 aromatic heterocycles. The summed E-state index contributed by atoms with van der Waals surface area (Å²) in [5.41, 5.74) is 12.7. The fourth-order valence-electron chi connectivity index (χ4n) is 5.98. The van der Waals surface area contributed by atoms with E-state index in [1.165, 1.54) is 13.8 Å². The quantitative estimate of drug-likeness (QED) is 0.0612. The number of hydrogen-bond donors (Lipinski definition) is 8. The van der Waals surface area contributed by atoms with E-state index in [0.717, 1.165) is 0 Å². The maximum absolute atomic E-state index is 13.7. The number of imide groups is 1. The van der Waals surface area contributed by atoms with Crippen molar-refractivity contribution < 1.29 is 33.6 Å². The summed E-state index contributed by atoms with van der Waals surface area (Å²) >= 11 is 0. The molecule has 2 aliphatic heterocycles. The van der Waals surface area contributed by atoms with Crippen LogP contribution in [0.5, 0.6) is 0 Å². The van der Waals surface area contributed by atoms with E-state index in [0.29, 0.717) is 55.0 Å². The van der Waals surface area contributed by atoms with Gasteiger partial charge in [-0.3, -0.25) is 59.0 Å². The fourth-order valence-corrected chi connectivity index (χ4v) is 5.98. The van der Waals surface area contributed by atoms with Crippen LogP contribution >= 0.6 is 0 Å². The van der Waals surface area contributed by atoms with Crippen molar-refractivity contribution in [3.05, 3.63) is 54.1 Å². The summed E-state index contributed by atoms with van der Waals surface area (Å²) in [5, 5.41) is 15.8. The van der Waals surface area contributed by atoms with E-state index >= 15 is 0 Å². The molecule has 10 N–H and O–H groups in total. The van der Waals surface area contributed by atoms with Crippen LogP contribution in [0.4, 0.5) is 17.1 Å². The largest absolute Gasteiger partial charge is 0.370 e. The van der Waals surface area contributed by atoms with Gasteiger partial charge < -0.3 is 32.7 Å². The topological polar surface area (TPSA) is 263 Å². The van der Waals surface area contributed by atoms with Gasteiger partial charge in [0.05, 0.1) is 42.3 Å². The predicted octanol–water partition coefficient (Wildman–Crippen LogP) is -1.21. The number of nitrogens with two attached hydrogens (primary N) is 2. The third-order valence-corrected chi connectivity index (χ3v) is 8.56. The molecule has 0 radical (unpaired) electrons. The summed E-state index contributed by atoms with van der Waals surface area (Å²) < 4.78 is 0. The Morgan fingerprint density at radius 1 is 0.906 bits per heavy atom. The first-order valence-corrected chi connectivity index (χ1v) is 17.3. The molecule has 1 fully saturated rings. The summed E-state index contributed by atoms with van der Waals surface area (Å²) in [5.74, 6) is -3.40. The summed E-state index contributed by atoms with van der Waals surface area (Å²) in [6, 6.07) is 11.9. The molecule has 7 amide bonds. The molecule has 2 atom stereocenters. The molecular weight excluding hydrogens is 686 g/mol. The minimum absolute atomic E-state index is 0.117. The van der Waals surface area contributed by atoms with Gasteiger partial charge in [0.15, 0.2) is 5.96 Å². The van der Waals surface area contributed by atoms with Gasteiger partial charge in [0, 0.05) is 32.6 Å². The first kappa shape index (κ1) is 39.9. The van der Waals surface area contributed by atoms with Gasteiger partial charge in [0.1, 0.15) is 12.1 Å². The molecule has 18 nitrogen and oxygen atoms in total. The van der Waals surface area contributed by atoms with Gasteiger partial charge in [0.25, 0.3) is 5.91 Å². The minimum atomic E-state index is -1.06. The zero-order chi connectivity index (χ0) is 38.5. The van der Waals surface area contributed by atoms with Crippen molar-refractivity contribution in [1.82, 2.24) is 31.5 Å². The first-order valence-electron chi connectivity index (χ1n) is 17.3. The van der Waals surface area contributed by atoms with E-state index in [4.69, 9.17) is 11.5 Å². The van der Waals surface area contributed by atoms with Gasteiger partial charge in [-0.1, -0.05) is 24.3 Å². The highest BCUT2D eigenvalue weighted by Crippen LogP contribution is 2.37. The van der Waals surface area contributed by atoms with Crippen molar-refractivity contribution in [2.75, 3.05) is 49.5 Å². The van der Waals surface area contributed by atoms with E-state index in [1.54, 1.807) is 47.4 Å². The average molecular weight is 734 g/mol. The van der Waals surface area contributed by atoms with E-state index < -0.39 is 35.7 Å². The SMILES string of the molecule is CC(=O)NC(=O)[C@H](CCCN=C(N)N)NC(=O)[C@H](C)NC(=O)CNCC(=O)NC1CCN(CC(=O)N2c3ccccc3NC(=O)c3ccccc32)CC1. The number of aliphatic imine (C=N–C) groups is 1. The minimum Gasteiger partial charge on any atom is -0.370 e. The molecule has 0 aliphatic carbocycles. The highest BCUT2D eigenvalue weighted by molar-refractivity contribution is 6.18. The molecule has 2 aromatic carbocycles. The van der Waals surface area contributed by atoms with Crippen LogP contribution in [0, 0.1) is 0 Å². The number of likely N-dealkylation sites (tertiary alicyclic amines) is 1. The second-order valence-corrected chi connectivity index (χ2v) is 12.8. The zero-order valence-corrected chi connectivity index (χ0v) is 29.8. The monoisotopic (exact) mass is 733 g/mol. The molecule has 2 heterocycles. The highest BCUT2D eigenvalue weighted by Gasteiger charge is 2.31. The van der Waals surface area contributed by atoms with Crippen LogP contribution in [0.1, 0.15) is 49.9 Å². The van der Waals surface area contributed by atoms with Crippen molar-refractivity contribution in [1.29, 1.82) is 0 Å². The number of nitrogens with one attached hydrogen (secondary N) is 6. The van der Waals surface area contributed by atoms with Crippen LogP contribution in [0.25, 0.3) is 0 Å². The van der Waals surface area contributed by atoms with Crippen LogP contribution in [-0.2, 0) is 28.8 Å². The van der Waals surface area contributed by atoms with Crippen LogP contribution in [0.2, 0.25) is 0 Å². The van der Waals surface area contributed by atoms with Gasteiger partial charge in [-0.2, -0.15) is 0 Å². The first-order chi connectivity index (χ1) is 25.3. The van der Waals surface area contributed by atoms with E-state index in [1.807, 2.05) is 11.0 Å². The molecule has 1 saturated heterocycles. The third-order valence-electron chi connectivity index (χ3n) is 8.56. The Bertz CT molecular complexity index is 1720. The van der Waals surface area contributed by atoms with Crippen molar-refractivity contribution in [2.24, 2.45) is 16.5 Å². The Hall–Kier alpha value is -5.88. The molecule has 284 valence electrons. The summed E-state index contributed by atoms with van der Waals surface area (Å²) in [4.78, 5) is 95.7. The number of para-hydroxylation sites is 3. The van der Waals surface area contributed by atoms with Crippen LogP contribution < -0.4 is 48.3 Å². The smallest absolute Gasteiger partial charge is 0.257 e. The van der Waals surface area contributed by atoms with Gasteiger partial charge in [-0.15, -0.1) is 0 Å². The number of piperidine rings is 1. The molecule has 18 heteroatoms. The molecule has 53 heavy (non-hydrogen) atoms. The summed E-state index contributed by atoms with van der Waals surface area (Å²) in [6.45, 7) is 3.67. The molecule has 4 rings (SSSR count). The summed E-state index contributed by atoms with van der Waals surface area (Å²) in [7, 11) is 0. The van der Waals surface area contributed by atoms with Crippen molar-refractivity contribution in [2.45, 2.75) is 57.7 Å². The average Bonchev–Trinajstić information content (AvgIpc) is 3.23. The molecule has 0 saturated carbocycles. The lowest BCUT2D eigenvalue weighted by atomic mass is 10.0. The van der Waals surface area contributed by atoms with Crippen LogP contribution in [-0.4, -0.2) is 110 Å². The molecule has 0 spiro atoms. The number of nitrogens with zero attached hydrogens (tertiary/aromatic N) is 3. The summed E-state index contributed by atoms with van der Waals surface area (Å²) in [6.07, 6.45) is 1.70. The molecule has 0 bridgehead atoms. The normalized spacial score (nSPS) is 15.3. The van der Waals surface area contributed by atoms with Gasteiger partial charge in [0.2, 0.25) is 35.4 Å². The fraction of sp³-hybridized carbons (Fsp3) is 0.429. The molecule has 2 aromatic rings. The van der Waals surface area contributed by atoms with E-state index in [9.17, 15) is 33.6 Å². The Balaban J connectivity index is 1.18. The second kappa shape index (κ2) is 19.1. The number of fused-ring (bicyclic) bond motifs is 2. The maximum atomic E-state index is 13.7. The molecule has 2 aliphatic rings. The van der Waals surface area contributed by atoms with Crippen molar-refractivity contribution in [3.63, 3.8) is 0 Å². The van der Waals surface area contributed by atoms with Gasteiger partial charge >= 0.3 is 0 Å². The van der Waals surface area contributed by atoms with E-state index in [-0.39, 0.29) is 62.3 Å². The lowest BCUT2D eigenvalue weighted by molar-refractivity contribution is -0.134. The van der Waals surface area contributed by atoms with Crippen LogP contribution in [0.15, 0.2) is 53.5 Å². The van der Waals surface area contributed by atoms with Gasteiger partial charge in [-0.05, 0) is 56.9 Å². The zero-order valence-electron chi connectivity index (χ0n) is 29.8. The Kier molecular flexibility index (Phi) is 14.4. The number of hydrogen-bond acceptors (Lipinski definition) is 10. The lowest BCUT2D eigenvalue weighted by Gasteiger charge is -2.33. The number of anilines is 3. The van der Waals surface area contributed by atoms with E-state index in [2.05, 4.69) is 36.9 Å². The predicted molar refractivity (Wildman–Crippen MR) is 197 cm³/mol. The second-order valence-electron chi connectivity index (χ2n) is 12.8. The Labute approximate surface area is 306 Å². The number of guanidine groups is 1. The number of benzene rings is 2. The number of carbonyl (C=O) groups is 7. The Morgan fingerprint density at radius 2 is 1.57 bits per heavy atom. The standard InChI is InChI=1S/C35H47N11O7/c1-21(32(51)44-26(34(53)41-22(2)47)10-7-15-39-35(36)37)40-29(48)18-38-19-30(49)42-23-13-16-45(17-14-23)20-31(50)46-27-11-5-3-8-24(27)33(52)43-25-9-4-6-12-28(25)46/h3-6,8-9,11-12,21,23,26,38H,7,10,13-20H2,1-2H3,(H,40,48)(H,42,49)(H,43,52)(H,44,51)(H4,36,37,39)(H,41,47,53)/t21-,26-/m0/s1. The Morgan fingerprint density at radius 3 is 2.26 bits per heavy atom. The van der Waals surface area contributed by atoms with Gasteiger partial charge in [-0.25, -0.2) is 0 Å². The number of rotatable bonds is 15. The molecular formula is C35H47N11O7. The highest BCUT2D eigenvalue weighted by atomic mass is 16.2. The van der Waals surface area contributed by atoms with Crippen LogP contribution in [0.3, 0.4) is 0 Å². The third kappa shape index (κ3) is 11.8. The van der Waals surface area contributed by atoms with Crippen molar-refractivity contribution in [3.8, 4) is 0 Å². The number of amides is 7.